The van der Waals surface area contributed by atoms with Crippen molar-refractivity contribution in [3.63, 3.8) is 0 Å². The highest BCUT2D eigenvalue weighted by Gasteiger charge is 2.48. The van der Waals surface area contributed by atoms with Gasteiger partial charge in [-0.25, -0.2) is 18.0 Å². The molecule has 6 heteroatoms. The molecule has 1 aromatic carbocycles. The second kappa shape index (κ2) is 3.71. The van der Waals surface area contributed by atoms with Crippen molar-refractivity contribution in [2.24, 2.45) is 4.99 Å². The van der Waals surface area contributed by atoms with Gasteiger partial charge in [-0.2, -0.15) is 4.99 Å². The predicted molar refractivity (Wildman–Crippen MR) is 53.0 cm³/mol. The highest BCUT2D eigenvalue weighted by Crippen LogP contribution is 2.51. The molecule has 0 N–H and O–H groups in total. The van der Waals surface area contributed by atoms with Gasteiger partial charge in [0.1, 0.15) is 11.4 Å². The molecule has 1 aromatic rings. The van der Waals surface area contributed by atoms with Gasteiger partial charge in [0.05, 0.1) is 4.47 Å². The van der Waals surface area contributed by atoms with Gasteiger partial charge in [-0.1, -0.05) is 0 Å². The summed E-state index contributed by atoms with van der Waals surface area (Å²) in [7, 11) is 0. The molecule has 1 fully saturated rings. The van der Waals surface area contributed by atoms with Gasteiger partial charge in [-0.3, -0.25) is 0 Å². The molecule has 1 aliphatic carbocycles. The third-order valence-electron chi connectivity index (χ3n) is 2.59. The lowest BCUT2D eigenvalue weighted by atomic mass is 10.0. The van der Waals surface area contributed by atoms with Gasteiger partial charge in [0, 0.05) is 5.56 Å². The van der Waals surface area contributed by atoms with Crippen molar-refractivity contribution < 1.29 is 18.0 Å². The summed E-state index contributed by atoms with van der Waals surface area (Å²) in [6, 6.07) is 0.857. The molecule has 0 saturated heterocycles. The predicted octanol–water partition coefficient (Wildman–Crippen LogP) is 3.19. The van der Waals surface area contributed by atoms with E-state index in [2.05, 4.69) is 20.9 Å². The zero-order valence-corrected chi connectivity index (χ0v) is 9.44. The molecule has 0 spiro atoms. The van der Waals surface area contributed by atoms with Crippen molar-refractivity contribution in [2.75, 3.05) is 0 Å². The van der Waals surface area contributed by atoms with Crippen LogP contribution in [0.15, 0.2) is 15.5 Å². The highest BCUT2D eigenvalue weighted by atomic mass is 79.9. The molecule has 2 nitrogen and oxygen atoms in total. The molecular weight excluding hydrogens is 287 g/mol. The summed E-state index contributed by atoms with van der Waals surface area (Å²) in [5.41, 5.74) is -1.34. The van der Waals surface area contributed by atoms with Crippen LogP contribution < -0.4 is 0 Å². The van der Waals surface area contributed by atoms with Gasteiger partial charge in [0.25, 0.3) is 0 Å². The Kier molecular flexibility index (Phi) is 2.64. The molecule has 0 unspecified atom stereocenters. The molecule has 0 aromatic heterocycles. The van der Waals surface area contributed by atoms with E-state index in [0.717, 1.165) is 6.07 Å². The smallest absolute Gasteiger partial charge is 0.211 e. The van der Waals surface area contributed by atoms with Crippen LogP contribution in [0.1, 0.15) is 18.4 Å². The molecule has 0 radical (unpaired) electrons. The number of benzene rings is 1. The number of carbonyl (C=O) groups excluding carboxylic acids is 1. The summed E-state index contributed by atoms with van der Waals surface area (Å²) in [6.07, 6.45) is 2.08. The van der Waals surface area contributed by atoms with Crippen LogP contribution in [0.4, 0.5) is 13.2 Å². The quantitative estimate of drug-likeness (QED) is 0.356. The third kappa shape index (κ3) is 1.58. The van der Waals surface area contributed by atoms with Crippen LogP contribution in [0.3, 0.4) is 0 Å². The molecule has 1 aliphatic rings. The first-order valence-corrected chi connectivity index (χ1v) is 5.23. The zero-order chi connectivity index (χ0) is 11.9. The number of halogens is 4. The average Bonchev–Trinajstić information content (AvgIpc) is 3.02. The molecule has 16 heavy (non-hydrogen) atoms. The molecule has 0 amide bonds. The Morgan fingerprint density at radius 3 is 2.44 bits per heavy atom. The number of nitrogens with zero attached hydrogens (tertiary/aromatic N) is 1. The van der Waals surface area contributed by atoms with E-state index in [9.17, 15) is 18.0 Å². The summed E-state index contributed by atoms with van der Waals surface area (Å²) in [4.78, 5) is 13.6. The summed E-state index contributed by atoms with van der Waals surface area (Å²) in [6.45, 7) is 0. The van der Waals surface area contributed by atoms with Crippen LogP contribution in [-0.2, 0) is 10.3 Å². The monoisotopic (exact) mass is 291 g/mol. The average molecular weight is 292 g/mol. The van der Waals surface area contributed by atoms with Crippen molar-refractivity contribution in [3.05, 3.63) is 33.6 Å². The first-order valence-electron chi connectivity index (χ1n) is 4.44. The van der Waals surface area contributed by atoms with Crippen LogP contribution in [0, 0.1) is 17.5 Å². The molecule has 0 heterocycles. The second-order valence-electron chi connectivity index (χ2n) is 3.58. The molecule has 0 bridgehead atoms. The van der Waals surface area contributed by atoms with Crippen molar-refractivity contribution >= 4 is 22.0 Å². The Balaban J connectivity index is 2.63. The Labute approximate surface area is 97.3 Å². The van der Waals surface area contributed by atoms with Gasteiger partial charge in [-0.15, -0.1) is 0 Å². The van der Waals surface area contributed by atoms with Crippen LogP contribution in [0.25, 0.3) is 0 Å². The largest absolute Gasteiger partial charge is 0.235 e. The highest BCUT2D eigenvalue weighted by molar-refractivity contribution is 9.10. The number of hydrogen-bond donors (Lipinski definition) is 0. The Morgan fingerprint density at radius 1 is 1.31 bits per heavy atom. The number of rotatable bonds is 2. The maximum Gasteiger partial charge on any atom is 0.235 e. The van der Waals surface area contributed by atoms with E-state index < -0.39 is 27.5 Å². The van der Waals surface area contributed by atoms with E-state index in [1.165, 1.54) is 6.08 Å². The van der Waals surface area contributed by atoms with Gasteiger partial charge >= 0.3 is 0 Å². The van der Waals surface area contributed by atoms with Gasteiger partial charge in [0.15, 0.2) is 11.6 Å². The van der Waals surface area contributed by atoms with Gasteiger partial charge in [0.2, 0.25) is 6.08 Å². The number of hydrogen-bond acceptors (Lipinski definition) is 2. The van der Waals surface area contributed by atoms with Crippen LogP contribution in [0.2, 0.25) is 0 Å². The maximum absolute atomic E-state index is 13.5. The fourth-order valence-electron chi connectivity index (χ4n) is 1.56. The molecular formula is C10H5BrF3NO. The van der Waals surface area contributed by atoms with Crippen LogP contribution in [0.5, 0.6) is 0 Å². The SMILES string of the molecule is O=C=NC1(c2cc(F)c(Br)c(F)c2F)CC1. The van der Waals surface area contributed by atoms with Crippen molar-refractivity contribution in [3.8, 4) is 0 Å². The molecule has 2 rings (SSSR count). The Bertz CT molecular complexity index is 507. The van der Waals surface area contributed by atoms with Gasteiger partial charge in [-0.05, 0) is 34.8 Å². The number of aliphatic imine (C=N–C) groups is 1. The van der Waals surface area contributed by atoms with Crippen LogP contribution in [-0.4, -0.2) is 6.08 Å². The van der Waals surface area contributed by atoms with Crippen molar-refractivity contribution in [1.82, 2.24) is 0 Å². The zero-order valence-electron chi connectivity index (χ0n) is 7.86. The second-order valence-corrected chi connectivity index (χ2v) is 4.38. The van der Waals surface area contributed by atoms with E-state index in [1.54, 1.807) is 0 Å². The summed E-state index contributed by atoms with van der Waals surface area (Å²) < 4.78 is 39.5. The maximum atomic E-state index is 13.5. The lowest BCUT2D eigenvalue weighted by molar-refractivity contribution is 0.465. The fourth-order valence-corrected chi connectivity index (χ4v) is 1.85. The lowest BCUT2D eigenvalue weighted by Crippen LogP contribution is -2.09. The molecule has 84 valence electrons. The van der Waals surface area contributed by atoms with E-state index in [1.807, 2.05) is 0 Å². The molecule has 0 aliphatic heterocycles. The first kappa shape index (κ1) is 11.4. The summed E-state index contributed by atoms with van der Waals surface area (Å²) in [5, 5.41) is 0. The van der Waals surface area contributed by atoms with E-state index in [0.29, 0.717) is 12.8 Å². The van der Waals surface area contributed by atoms with Crippen molar-refractivity contribution in [1.29, 1.82) is 0 Å². The molecule has 1 saturated carbocycles. The standard InChI is InChI=1S/C10H5BrF3NO/c11-7-6(12)3-5(8(13)9(7)14)10(1-2-10)15-4-16/h3H,1-2H2. The van der Waals surface area contributed by atoms with Gasteiger partial charge < -0.3 is 0 Å². The van der Waals surface area contributed by atoms with E-state index in [4.69, 9.17) is 0 Å². The van der Waals surface area contributed by atoms with E-state index >= 15 is 0 Å². The minimum atomic E-state index is -1.30. The normalized spacial score (nSPS) is 16.8. The minimum Gasteiger partial charge on any atom is -0.211 e. The van der Waals surface area contributed by atoms with Crippen LogP contribution >= 0.6 is 15.9 Å². The molecule has 0 atom stereocenters. The third-order valence-corrected chi connectivity index (χ3v) is 3.31. The topological polar surface area (TPSA) is 29.4 Å². The summed E-state index contributed by atoms with van der Waals surface area (Å²) >= 11 is 2.59. The Morgan fingerprint density at radius 2 is 1.94 bits per heavy atom. The fraction of sp³-hybridized carbons (Fsp3) is 0.300. The van der Waals surface area contributed by atoms with Crippen molar-refractivity contribution in [2.45, 2.75) is 18.4 Å². The Hall–Kier alpha value is -1.13. The minimum absolute atomic E-state index is 0.228. The lowest BCUT2D eigenvalue weighted by Gasteiger charge is -2.11. The number of isocyanates is 1. The first-order chi connectivity index (χ1) is 7.52. The van der Waals surface area contributed by atoms with E-state index in [-0.39, 0.29) is 5.56 Å². The summed E-state index contributed by atoms with van der Waals surface area (Å²) in [5.74, 6) is -3.39.